The average molecular weight is 358 g/mol. The van der Waals surface area contributed by atoms with E-state index in [2.05, 4.69) is 21.2 Å². The standard InChI is InChI=1S/C14H14BrClN2O2/c1-7(2)18-10-5-8(15)4-9(16)13(10)12(19)6-11(18)14(20)17-3/h4-7H,1-3H3,(H,17,20). The van der Waals surface area contributed by atoms with Gasteiger partial charge in [0, 0.05) is 23.6 Å². The van der Waals surface area contributed by atoms with Gasteiger partial charge in [-0.25, -0.2) is 0 Å². The zero-order valence-electron chi connectivity index (χ0n) is 11.3. The van der Waals surface area contributed by atoms with Crippen molar-refractivity contribution in [2.24, 2.45) is 0 Å². The van der Waals surface area contributed by atoms with E-state index in [1.165, 1.54) is 13.1 Å². The minimum absolute atomic E-state index is 0.00997. The Hall–Kier alpha value is -1.33. The van der Waals surface area contributed by atoms with Gasteiger partial charge >= 0.3 is 0 Å². The fraction of sp³-hybridized carbons (Fsp3) is 0.286. The lowest BCUT2D eigenvalue weighted by molar-refractivity contribution is 0.0952. The molecule has 1 heterocycles. The highest BCUT2D eigenvalue weighted by Gasteiger charge is 2.18. The molecule has 0 fully saturated rings. The van der Waals surface area contributed by atoms with Gasteiger partial charge in [0.05, 0.1) is 15.9 Å². The summed E-state index contributed by atoms with van der Waals surface area (Å²) in [6.45, 7) is 3.90. The summed E-state index contributed by atoms with van der Waals surface area (Å²) in [6, 6.07) is 4.82. The van der Waals surface area contributed by atoms with Crippen molar-refractivity contribution in [3.8, 4) is 0 Å². The number of hydrogen-bond acceptors (Lipinski definition) is 2. The van der Waals surface area contributed by atoms with E-state index >= 15 is 0 Å². The van der Waals surface area contributed by atoms with Crippen molar-refractivity contribution in [3.05, 3.63) is 43.6 Å². The molecule has 20 heavy (non-hydrogen) atoms. The Morgan fingerprint density at radius 3 is 2.55 bits per heavy atom. The molecular formula is C14H14BrClN2O2. The summed E-state index contributed by atoms with van der Waals surface area (Å²) in [5.41, 5.74) is 0.715. The first-order valence-electron chi connectivity index (χ1n) is 6.13. The zero-order chi connectivity index (χ0) is 15.0. The lowest BCUT2D eigenvalue weighted by atomic mass is 10.1. The number of fused-ring (bicyclic) bond motifs is 1. The Morgan fingerprint density at radius 1 is 1.35 bits per heavy atom. The lowest BCUT2D eigenvalue weighted by Crippen LogP contribution is -2.27. The highest BCUT2D eigenvalue weighted by atomic mass is 79.9. The quantitative estimate of drug-likeness (QED) is 0.896. The first-order valence-corrected chi connectivity index (χ1v) is 7.30. The van der Waals surface area contributed by atoms with Gasteiger partial charge in [-0.2, -0.15) is 0 Å². The Kier molecular flexibility index (Phi) is 4.20. The third-order valence-corrected chi connectivity index (χ3v) is 3.80. The normalized spacial score (nSPS) is 11.1. The Morgan fingerprint density at radius 2 is 2.00 bits per heavy atom. The monoisotopic (exact) mass is 356 g/mol. The van der Waals surface area contributed by atoms with Crippen LogP contribution in [0.3, 0.4) is 0 Å². The molecule has 0 aliphatic carbocycles. The molecule has 0 atom stereocenters. The van der Waals surface area contributed by atoms with Crippen LogP contribution in [0.5, 0.6) is 0 Å². The molecule has 6 heteroatoms. The average Bonchev–Trinajstić information content (AvgIpc) is 2.35. The van der Waals surface area contributed by atoms with Crippen LogP contribution in [-0.4, -0.2) is 17.5 Å². The molecule has 4 nitrogen and oxygen atoms in total. The summed E-state index contributed by atoms with van der Waals surface area (Å²) >= 11 is 9.54. The molecule has 0 aliphatic rings. The predicted molar refractivity (Wildman–Crippen MR) is 84.7 cm³/mol. The first kappa shape index (κ1) is 15.1. The SMILES string of the molecule is CNC(=O)c1cc(=O)c2c(Cl)cc(Br)cc2n1C(C)C. The van der Waals surface area contributed by atoms with Crippen LogP contribution >= 0.6 is 27.5 Å². The van der Waals surface area contributed by atoms with Gasteiger partial charge in [0.25, 0.3) is 5.91 Å². The fourth-order valence-corrected chi connectivity index (χ4v) is 3.13. The Balaban J connectivity index is 3.02. The number of amides is 1. The van der Waals surface area contributed by atoms with Gasteiger partial charge in [0.2, 0.25) is 0 Å². The molecular weight excluding hydrogens is 344 g/mol. The maximum Gasteiger partial charge on any atom is 0.267 e. The van der Waals surface area contributed by atoms with Gasteiger partial charge in [0.1, 0.15) is 5.69 Å². The van der Waals surface area contributed by atoms with Crippen LogP contribution in [-0.2, 0) is 0 Å². The van der Waals surface area contributed by atoms with Crippen LogP contribution in [0, 0.1) is 0 Å². The maximum atomic E-state index is 12.2. The van der Waals surface area contributed by atoms with E-state index in [1.807, 2.05) is 18.4 Å². The van der Waals surface area contributed by atoms with E-state index in [0.29, 0.717) is 21.6 Å². The van der Waals surface area contributed by atoms with Crippen LogP contribution in [0.2, 0.25) is 5.02 Å². The van der Waals surface area contributed by atoms with Gasteiger partial charge in [0.15, 0.2) is 5.43 Å². The number of rotatable bonds is 2. The molecule has 0 spiro atoms. The van der Waals surface area contributed by atoms with Crippen molar-refractivity contribution in [2.75, 3.05) is 7.05 Å². The second-order valence-electron chi connectivity index (χ2n) is 4.72. The molecule has 106 valence electrons. The first-order chi connectivity index (χ1) is 9.36. The number of carbonyl (C=O) groups is 1. The second-order valence-corrected chi connectivity index (χ2v) is 6.04. The largest absolute Gasteiger partial charge is 0.354 e. The Labute approximate surface area is 129 Å². The summed E-state index contributed by atoms with van der Waals surface area (Å²) in [4.78, 5) is 24.2. The second kappa shape index (κ2) is 5.58. The van der Waals surface area contributed by atoms with Crippen LogP contribution in [0.15, 0.2) is 27.5 Å². The topological polar surface area (TPSA) is 51.1 Å². The minimum atomic E-state index is -0.297. The molecule has 0 unspecified atom stereocenters. The molecule has 0 saturated carbocycles. The number of carbonyl (C=O) groups excluding carboxylic acids is 1. The maximum absolute atomic E-state index is 12.2. The van der Waals surface area contributed by atoms with E-state index in [9.17, 15) is 9.59 Å². The van der Waals surface area contributed by atoms with E-state index in [1.54, 1.807) is 12.1 Å². The van der Waals surface area contributed by atoms with Gasteiger partial charge in [-0.15, -0.1) is 0 Å². The van der Waals surface area contributed by atoms with Crippen molar-refractivity contribution in [2.45, 2.75) is 19.9 Å². The Bertz CT molecular complexity index is 753. The van der Waals surface area contributed by atoms with Crippen LogP contribution in [0.1, 0.15) is 30.4 Å². The smallest absolute Gasteiger partial charge is 0.267 e. The molecule has 2 rings (SSSR count). The third kappa shape index (κ3) is 2.47. The highest BCUT2D eigenvalue weighted by molar-refractivity contribution is 9.10. The molecule has 1 aromatic carbocycles. The molecule has 0 aliphatic heterocycles. The predicted octanol–water partition coefficient (Wildman–Crippen LogP) is 3.36. The summed E-state index contributed by atoms with van der Waals surface area (Å²) in [5, 5.41) is 3.35. The van der Waals surface area contributed by atoms with Crippen molar-refractivity contribution < 1.29 is 4.79 Å². The molecule has 1 N–H and O–H groups in total. The number of hydrogen-bond donors (Lipinski definition) is 1. The highest BCUT2D eigenvalue weighted by Crippen LogP contribution is 2.28. The zero-order valence-corrected chi connectivity index (χ0v) is 13.7. The number of halogens is 2. The summed E-state index contributed by atoms with van der Waals surface area (Å²) in [7, 11) is 1.54. The van der Waals surface area contributed by atoms with E-state index in [-0.39, 0.29) is 17.4 Å². The molecule has 2 aromatic rings. The molecule has 1 amide bonds. The molecule has 0 radical (unpaired) electrons. The molecule has 0 bridgehead atoms. The number of benzene rings is 1. The third-order valence-electron chi connectivity index (χ3n) is 3.04. The molecule has 1 aromatic heterocycles. The van der Waals surface area contributed by atoms with Crippen molar-refractivity contribution in [3.63, 3.8) is 0 Å². The minimum Gasteiger partial charge on any atom is -0.354 e. The van der Waals surface area contributed by atoms with Gasteiger partial charge < -0.3 is 9.88 Å². The van der Waals surface area contributed by atoms with Crippen LogP contribution in [0.4, 0.5) is 0 Å². The number of aromatic nitrogens is 1. The van der Waals surface area contributed by atoms with E-state index in [0.717, 1.165) is 4.47 Å². The summed E-state index contributed by atoms with van der Waals surface area (Å²) in [5.74, 6) is -0.297. The molecule has 0 saturated heterocycles. The van der Waals surface area contributed by atoms with Gasteiger partial charge in [-0.05, 0) is 26.0 Å². The van der Waals surface area contributed by atoms with Crippen molar-refractivity contribution >= 4 is 44.3 Å². The number of nitrogens with zero attached hydrogens (tertiary/aromatic N) is 1. The number of nitrogens with one attached hydrogen (secondary N) is 1. The van der Waals surface area contributed by atoms with Crippen molar-refractivity contribution in [1.29, 1.82) is 0 Å². The number of pyridine rings is 1. The van der Waals surface area contributed by atoms with E-state index < -0.39 is 0 Å². The van der Waals surface area contributed by atoms with Crippen LogP contribution < -0.4 is 10.7 Å². The van der Waals surface area contributed by atoms with Gasteiger partial charge in [-0.3, -0.25) is 9.59 Å². The van der Waals surface area contributed by atoms with Crippen molar-refractivity contribution in [1.82, 2.24) is 9.88 Å². The summed E-state index contributed by atoms with van der Waals surface area (Å²) < 4.78 is 2.57. The fourth-order valence-electron chi connectivity index (χ4n) is 2.25. The summed E-state index contributed by atoms with van der Waals surface area (Å²) in [6.07, 6.45) is 0. The van der Waals surface area contributed by atoms with E-state index in [4.69, 9.17) is 11.6 Å². The lowest BCUT2D eigenvalue weighted by Gasteiger charge is -2.20. The van der Waals surface area contributed by atoms with Crippen LogP contribution in [0.25, 0.3) is 10.9 Å². The van der Waals surface area contributed by atoms with Gasteiger partial charge in [-0.1, -0.05) is 27.5 Å².